The molecule has 0 unspecified atom stereocenters. The Bertz CT molecular complexity index is 962. The summed E-state index contributed by atoms with van der Waals surface area (Å²) in [5.41, 5.74) is 5.98. The third kappa shape index (κ3) is 2.46. The molecule has 2 nitrogen and oxygen atoms in total. The van der Waals surface area contributed by atoms with Gasteiger partial charge >= 0.3 is 0 Å². The van der Waals surface area contributed by atoms with E-state index in [1.807, 2.05) is 12.1 Å². The number of nitrogens with one attached hydrogen (secondary N) is 1. The Balaban J connectivity index is 1.49. The molecule has 4 aliphatic rings. The molecule has 0 aliphatic heterocycles. The fourth-order valence-electron chi connectivity index (χ4n) is 7.07. The van der Waals surface area contributed by atoms with E-state index in [2.05, 4.69) is 41.4 Å². The fraction of sp³-hybridized carbons (Fsp3) is 0.440. The monoisotopic (exact) mass is 357 g/mol. The van der Waals surface area contributed by atoms with Crippen LogP contribution in [0.3, 0.4) is 0 Å². The minimum absolute atomic E-state index is 0.346. The smallest absolute Gasteiger partial charge is 0.115 e. The van der Waals surface area contributed by atoms with E-state index in [0.717, 1.165) is 24.2 Å². The molecule has 4 fully saturated rings. The highest BCUT2D eigenvalue weighted by molar-refractivity contribution is 5.85. The summed E-state index contributed by atoms with van der Waals surface area (Å²) in [6, 6.07) is 16.6. The number of benzene rings is 2. The lowest BCUT2D eigenvalue weighted by molar-refractivity contribution is -0.00721. The molecule has 0 spiro atoms. The number of aromatic amines is 1. The molecule has 138 valence electrons. The van der Waals surface area contributed by atoms with Gasteiger partial charge in [0.25, 0.3) is 0 Å². The van der Waals surface area contributed by atoms with Crippen molar-refractivity contribution in [2.75, 3.05) is 0 Å². The Kier molecular flexibility index (Phi) is 3.30. The number of aromatic hydroxyl groups is 1. The summed E-state index contributed by atoms with van der Waals surface area (Å²) in [4.78, 5) is 3.90. The maximum Gasteiger partial charge on any atom is 0.115 e. The van der Waals surface area contributed by atoms with E-state index in [0.29, 0.717) is 11.2 Å². The lowest BCUT2D eigenvalue weighted by Crippen LogP contribution is -2.49. The van der Waals surface area contributed by atoms with Gasteiger partial charge in [0.1, 0.15) is 5.75 Å². The number of phenolic OH excluding ortho intramolecular Hbond substituents is 1. The van der Waals surface area contributed by atoms with Crippen molar-refractivity contribution in [3.63, 3.8) is 0 Å². The van der Waals surface area contributed by atoms with Crippen LogP contribution >= 0.6 is 0 Å². The van der Waals surface area contributed by atoms with Crippen LogP contribution in [0, 0.1) is 17.8 Å². The number of para-hydroxylation sites is 1. The van der Waals surface area contributed by atoms with Crippen LogP contribution in [0.5, 0.6) is 5.75 Å². The molecule has 4 bridgehead atoms. The van der Waals surface area contributed by atoms with E-state index >= 15 is 0 Å². The van der Waals surface area contributed by atoms with Crippen molar-refractivity contribution in [3.8, 4) is 5.75 Å². The molecule has 0 atom stereocenters. The van der Waals surface area contributed by atoms with Crippen LogP contribution in [0.4, 0.5) is 0 Å². The van der Waals surface area contributed by atoms with Gasteiger partial charge in [0.05, 0.1) is 0 Å². The first-order valence-corrected chi connectivity index (χ1v) is 10.6. The topological polar surface area (TPSA) is 36.0 Å². The summed E-state index contributed by atoms with van der Waals surface area (Å²) in [6.07, 6.45) is 9.53. The zero-order valence-corrected chi connectivity index (χ0v) is 15.7. The van der Waals surface area contributed by atoms with Gasteiger partial charge in [0.2, 0.25) is 0 Å². The predicted molar refractivity (Wildman–Crippen MR) is 109 cm³/mol. The Morgan fingerprint density at radius 1 is 0.852 bits per heavy atom. The number of hydrogen-bond acceptors (Lipinski definition) is 1. The van der Waals surface area contributed by atoms with Crippen molar-refractivity contribution in [3.05, 3.63) is 65.4 Å². The maximum absolute atomic E-state index is 9.66. The van der Waals surface area contributed by atoms with Crippen molar-refractivity contribution in [2.24, 2.45) is 17.8 Å². The highest BCUT2D eigenvalue weighted by Crippen LogP contribution is 2.61. The van der Waals surface area contributed by atoms with E-state index in [9.17, 15) is 5.11 Å². The number of hydrogen-bond donors (Lipinski definition) is 2. The molecular weight excluding hydrogens is 330 g/mol. The number of rotatable bonds is 3. The lowest BCUT2D eigenvalue weighted by Gasteiger charge is -2.57. The minimum Gasteiger partial charge on any atom is -0.508 e. The van der Waals surface area contributed by atoms with Gasteiger partial charge < -0.3 is 10.1 Å². The average molecular weight is 357 g/mol. The first kappa shape index (κ1) is 15.8. The molecule has 1 heterocycles. The normalized spacial score (nSPS) is 31.6. The zero-order chi connectivity index (χ0) is 18.0. The number of fused-ring (bicyclic) bond motifs is 1. The summed E-state index contributed by atoms with van der Waals surface area (Å²) in [5, 5.41) is 11.0. The first-order valence-electron chi connectivity index (χ1n) is 10.6. The summed E-state index contributed by atoms with van der Waals surface area (Å²) in [6.45, 7) is 0. The molecule has 4 saturated carbocycles. The van der Waals surface area contributed by atoms with E-state index in [1.165, 1.54) is 66.2 Å². The number of H-pyrrole nitrogens is 1. The molecule has 0 saturated heterocycles. The number of aromatic nitrogens is 1. The van der Waals surface area contributed by atoms with Crippen molar-refractivity contribution in [1.29, 1.82) is 0 Å². The van der Waals surface area contributed by atoms with Crippen LogP contribution in [0.2, 0.25) is 0 Å². The molecule has 0 amide bonds. The first-order chi connectivity index (χ1) is 13.2. The summed E-state index contributed by atoms with van der Waals surface area (Å²) in [7, 11) is 0. The zero-order valence-electron chi connectivity index (χ0n) is 15.7. The Morgan fingerprint density at radius 3 is 2.15 bits per heavy atom. The van der Waals surface area contributed by atoms with Crippen molar-refractivity contribution >= 4 is 10.9 Å². The molecule has 2 N–H and O–H groups in total. The molecule has 2 heteroatoms. The standard InChI is InChI=1S/C25H27NO/c27-20-7-5-16(6-8-20)12-22-21-3-1-2-4-23(21)26-24(22)25-13-17-9-18(14-25)11-19(10-17)15-25/h1-8,17-19,26-27H,9-15H2. The van der Waals surface area contributed by atoms with Gasteiger partial charge in [-0.2, -0.15) is 0 Å². The van der Waals surface area contributed by atoms with Crippen LogP contribution in [-0.2, 0) is 11.8 Å². The van der Waals surface area contributed by atoms with Crippen LogP contribution < -0.4 is 0 Å². The SMILES string of the molecule is Oc1ccc(Cc2c(C34CC5CC(CC(C5)C3)C4)[nH]c3ccccc23)cc1. The van der Waals surface area contributed by atoms with Gasteiger partial charge in [-0.15, -0.1) is 0 Å². The van der Waals surface area contributed by atoms with Crippen LogP contribution in [-0.4, -0.2) is 10.1 Å². The van der Waals surface area contributed by atoms with Gasteiger partial charge in [0, 0.05) is 22.0 Å². The minimum atomic E-state index is 0.346. The maximum atomic E-state index is 9.66. The Morgan fingerprint density at radius 2 is 1.48 bits per heavy atom. The van der Waals surface area contributed by atoms with Crippen molar-refractivity contribution in [2.45, 2.75) is 50.4 Å². The molecule has 1 aromatic heterocycles. The Labute approximate surface area is 160 Å². The molecule has 0 radical (unpaired) electrons. The van der Waals surface area contributed by atoms with E-state index < -0.39 is 0 Å². The molecule has 2 aromatic carbocycles. The lowest BCUT2D eigenvalue weighted by atomic mass is 9.48. The largest absolute Gasteiger partial charge is 0.508 e. The quantitative estimate of drug-likeness (QED) is 0.598. The predicted octanol–water partition coefficient (Wildman–Crippen LogP) is 5.93. The fourth-order valence-corrected chi connectivity index (χ4v) is 7.07. The summed E-state index contributed by atoms with van der Waals surface area (Å²) in [5.74, 6) is 3.19. The third-order valence-electron chi connectivity index (χ3n) is 7.70. The van der Waals surface area contributed by atoms with Gasteiger partial charge in [-0.1, -0.05) is 30.3 Å². The van der Waals surface area contributed by atoms with Gasteiger partial charge in [0.15, 0.2) is 0 Å². The Hall–Kier alpha value is -2.22. The number of phenols is 1. The van der Waals surface area contributed by atoms with E-state index in [4.69, 9.17) is 0 Å². The second-order valence-corrected chi connectivity index (χ2v) is 9.57. The summed E-state index contributed by atoms with van der Waals surface area (Å²) >= 11 is 0. The molecule has 27 heavy (non-hydrogen) atoms. The van der Waals surface area contributed by atoms with Gasteiger partial charge in [-0.3, -0.25) is 0 Å². The van der Waals surface area contributed by atoms with E-state index in [-0.39, 0.29) is 0 Å². The molecule has 7 rings (SSSR count). The van der Waals surface area contributed by atoms with Crippen LogP contribution in [0.25, 0.3) is 10.9 Å². The van der Waals surface area contributed by atoms with E-state index in [1.54, 1.807) is 0 Å². The van der Waals surface area contributed by atoms with Crippen LogP contribution in [0.1, 0.15) is 55.3 Å². The van der Waals surface area contributed by atoms with Crippen LogP contribution in [0.15, 0.2) is 48.5 Å². The highest BCUT2D eigenvalue weighted by atomic mass is 16.3. The molecule has 4 aliphatic carbocycles. The average Bonchev–Trinajstić information content (AvgIpc) is 3.02. The van der Waals surface area contributed by atoms with Gasteiger partial charge in [-0.25, -0.2) is 0 Å². The molecular formula is C25H27NO. The summed E-state index contributed by atoms with van der Waals surface area (Å²) < 4.78 is 0. The molecule has 3 aromatic rings. The van der Waals surface area contributed by atoms with Gasteiger partial charge in [-0.05, 0) is 92.0 Å². The van der Waals surface area contributed by atoms with Crippen molar-refractivity contribution in [1.82, 2.24) is 4.98 Å². The highest BCUT2D eigenvalue weighted by Gasteiger charge is 2.52. The second kappa shape index (κ2) is 5.64. The second-order valence-electron chi connectivity index (χ2n) is 9.57. The van der Waals surface area contributed by atoms with Crippen molar-refractivity contribution < 1.29 is 5.11 Å². The third-order valence-corrected chi connectivity index (χ3v) is 7.70.